The maximum absolute atomic E-state index is 12.2. The Morgan fingerprint density at radius 3 is 2.86 bits per heavy atom. The SMILES string of the molecule is O=C(CSC(F)(F)F)N1CCC2(CC1)OCCc1cn[nH]c12. The molecule has 9 heteroatoms. The minimum atomic E-state index is -4.37. The van der Waals surface area contributed by atoms with Gasteiger partial charge in [0.2, 0.25) is 5.91 Å². The number of piperidine rings is 1. The van der Waals surface area contributed by atoms with Crippen molar-refractivity contribution in [3.63, 3.8) is 0 Å². The lowest BCUT2D eigenvalue weighted by Crippen LogP contribution is -2.49. The number of hydrogen-bond donors (Lipinski definition) is 1. The van der Waals surface area contributed by atoms with Gasteiger partial charge in [0.25, 0.3) is 0 Å². The van der Waals surface area contributed by atoms with E-state index in [4.69, 9.17) is 4.74 Å². The van der Waals surface area contributed by atoms with Crippen LogP contribution >= 0.6 is 11.8 Å². The van der Waals surface area contributed by atoms with Gasteiger partial charge in [0.1, 0.15) is 5.60 Å². The number of amides is 1. The Hall–Kier alpha value is -1.22. The standard InChI is InChI=1S/C13H16F3N3O2S/c14-13(15,16)22-8-10(20)19-4-2-12(3-5-19)11-9(1-6-21-12)7-17-18-11/h7H,1-6,8H2,(H,17,18). The molecule has 2 aliphatic rings. The maximum atomic E-state index is 12.2. The lowest BCUT2D eigenvalue weighted by Gasteiger charge is -2.43. The first-order chi connectivity index (χ1) is 10.4. The number of carbonyl (C=O) groups excluding carboxylic acids is 1. The first-order valence-corrected chi connectivity index (χ1v) is 8.03. The Kier molecular flexibility index (Phi) is 4.11. The average Bonchev–Trinajstić information content (AvgIpc) is 2.95. The number of halogens is 3. The summed E-state index contributed by atoms with van der Waals surface area (Å²) in [6.45, 7) is 1.40. The molecule has 1 N–H and O–H groups in total. The van der Waals surface area contributed by atoms with Crippen LogP contribution in [0.2, 0.25) is 0 Å². The molecule has 0 aliphatic carbocycles. The molecule has 0 atom stereocenters. The van der Waals surface area contributed by atoms with Crippen molar-refractivity contribution in [2.24, 2.45) is 0 Å². The number of nitrogens with zero attached hydrogens (tertiary/aromatic N) is 2. The molecule has 1 spiro atoms. The number of carbonyl (C=O) groups is 1. The number of thioether (sulfide) groups is 1. The van der Waals surface area contributed by atoms with Crippen LogP contribution in [0.3, 0.4) is 0 Å². The summed E-state index contributed by atoms with van der Waals surface area (Å²) in [7, 11) is 0. The van der Waals surface area contributed by atoms with E-state index in [1.807, 2.05) is 0 Å². The molecule has 1 amide bonds. The van der Waals surface area contributed by atoms with Gasteiger partial charge in [-0.2, -0.15) is 18.3 Å². The Morgan fingerprint density at radius 1 is 1.45 bits per heavy atom. The number of aromatic nitrogens is 2. The molecule has 1 fully saturated rings. The van der Waals surface area contributed by atoms with Gasteiger partial charge < -0.3 is 9.64 Å². The van der Waals surface area contributed by atoms with Crippen molar-refractivity contribution in [1.29, 1.82) is 0 Å². The van der Waals surface area contributed by atoms with Crippen molar-refractivity contribution in [3.05, 3.63) is 17.5 Å². The van der Waals surface area contributed by atoms with Crippen molar-refractivity contribution in [2.45, 2.75) is 30.4 Å². The highest BCUT2D eigenvalue weighted by atomic mass is 32.2. The zero-order valence-corrected chi connectivity index (χ0v) is 12.6. The smallest absolute Gasteiger partial charge is 0.368 e. The summed E-state index contributed by atoms with van der Waals surface area (Å²) in [6, 6.07) is 0. The monoisotopic (exact) mass is 335 g/mol. The molecule has 1 saturated heterocycles. The Morgan fingerprint density at radius 2 is 2.18 bits per heavy atom. The summed E-state index contributed by atoms with van der Waals surface area (Å²) in [5.74, 6) is -1.04. The molecular formula is C13H16F3N3O2S. The molecule has 2 aliphatic heterocycles. The number of H-pyrrole nitrogens is 1. The molecule has 5 nitrogen and oxygen atoms in total. The fraction of sp³-hybridized carbons (Fsp3) is 0.692. The number of nitrogens with one attached hydrogen (secondary N) is 1. The van der Waals surface area contributed by atoms with Crippen molar-refractivity contribution >= 4 is 17.7 Å². The normalized spacial score (nSPS) is 21.0. The highest BCUT2D eigenvalue weighted by Gasteiger charge is 2.43. The average molecular weight is 335 g/mol. The van der Waals surface area contributed by atoms with E-state index in [1.54, 1.807) is 6.20 Å². The van der Waals surface area contributed by atoms with Gasteiger partial charge in [-0.05, 0) is 36.6 Å². The van der Waals surface area contributed by atoms with Crippen molar-refractivity contribution in [2.75, 3.05) is 25.4 Å². The predicted molar refractivity (Wildman–Crippen MR) is 74.2 cm³/mol. The Labute approximate surface area is 129 Å². The van der Waals surface area contributed by atoms with E-state index in [9.17, 15) is 18.0 Å². The van der Waals surface area contributed by atoms with Crippen molar-refractivity contribution in [3.8, 4) is 0 Å². The summed E-state index contributed by atoms with van der Waals surface area (Å²) in [6.07, 6.45) is 3.74. The molecule has 0 radical (unpaired) electrons. The second-order valence-corrected chi connectivity index (χ2v) is 6.52. The number of rotatable bonds is 2. The summed E-state index contributed by atoms with van der Waals surface area (Å²) in [5, 5.41) is 7.03. The minimum absolute atomic E-state index is 0.286. The summed E-state index contributed by atoms with van der Waals surface area (Å²) >= 11 is -0.286. The maximum Gasteiger partial charge on any atom is 0.442 e. The predicted octanol–water partition coefficient (Wildman–Crippen LogP) is 2.05. The minimum Gasteiger partial charge on any atom is -0.368 e. The molecule has 22 heavy (non-hydrogen) atoms. The molecule has 122 valence electrons. The zero-order valence-electron chi connectivity index (χ0n) is 11.8. The van der Waals surface area contributed by atoms with Gasteiger partial charge in [0, 0.05) is 13.1 Å². The third-order valence-corrected chi connectivity index (χ3v) is 4.92. The summed E-state index contributed by atoms with van der Waals surface area (Å²) in [5.41, 5.74) is -2.77. The number of ether oxygens (including phenoxy) is 1. The van der Waals surface area contributed by atoms with Gasteiger partial charge in [0.15, 0.2) is 0 Å². The van der Waals surface area contributed by atoms with Crippen LogP contribution < -0.4 is 0 Å². The third-order valence-electron chi connectivity index (χ3n) is 4.21. The number of likely N-dealkylation sites (tertiary alicyclic amines) is 1. The molecule has 1 aromatic rings. The number of fused-ring (bicyclic) bond motifs is 2. The largest absolute Gasteiger partial charge is 0.442 e. The van der Waals surface area contributed by atoms with E-state index in [0.717, 1.165) is 17.7 Å². The first-order valence-electron chi connectivity index (χ1n) is 7.05. The van der Waals surface area contributed by atoms with Gasteiger partial charge in [0.05, 0.1) is 24.3 Å². The lowest BCUT2D eigenvalue weighted by atomic mass is 9.84. The quantitative estimate of drug-likeness (QED) is 0.899. The molecule has 3 rings (SSSR count). The number of aromatic amines is 1. The number of alkyl halides is 3. The van der Waals surface area contributed by atoms with Crippen molar-refractivity contribution < 1.29 is 22.7 Å². The van der Waals surface area contributed by atoms with E-state index in [0.29, 0.717) is 32.5 Å². The fourth-order valence-electron chi connectivity index (χ4n) is 3.07. The van der Waals surface area contributed by atoms with Crippen LogP contribution in [0.15, 0.2) is 6.20 Å². The van der Waals surface area contributed by atoms with Crippen LogP contribution in [0.5, 0.6) is 0 Å². The lowest BCUT2D eigenvalue weighted by molar-refractivity contribution is -0.138. The van der Waals surface area contributed by atoms with Crippen LogP contribution in [0.4, 0.5) is 13.2 Å². The molecule has 0 bridgehead atoms. The second kappa shape index (κ2) is 5.77. The van der Waals surface area contributed by atoms with E-state index < -0.39 is 22.8 Å². The van der Waals surface area contributed by atoms with Gasteiger partial charge in [-0.1, -0.05) is 0 Å². The van der Waals surface area contributed by atoms with E-state index >= 15 is 0 Å². The van der Waals surface area contributed by atoms with E-state index in [1.165, 1.54) is 4.90 Å². The van der Waals surface area contributed by atoms with Gasteiger partial charge in [-0.25, -0.2) is 0 Å². The summed E-state index contributed by atoms with van der Waals surface area (Å²) in [4.78, 5) is 13.3. The van der Waals surface area contributed by atoms with Gasteiger partial charge in [-0.15, -0.1) is 0 Å². The number of hydrogen-bond acceptors (Lipinski definition) is 4. The third kappa shape index (κ3) is 3.10. The van der Waals surface area contributed by atoms with Gasteiger partial charge in [-0.3, -0.25) is 9.89 Å². The van der Waals surface area contributed by atoms with Gasteiger partial charge >= 0.3 is 5.51 Å². The van der Waals surface area contributed by atoms with Crippen LogP contribution in [0.25, 0.3) is 0 Å². The van der Waals surface area contributed by atoms with Crippen LogP contribution in [0.1, 0.15) is 24.1 Å². The second-order valence-electron chi connectivity index (χ2n) is 5.48. The molecule has 0 saturated carbocycles. The van der Waals surface area contributed by atoms with Crippen molar-refractivity contribution in [1.82, 2.24) is 15.1 Å². The molecule has 3 heterocycles. The zero-order chi connectivity index (χ0) is 15.8. The highest BCUT2D eigenvalue weighted by Crippen LogP contribution is 2.40. The Balaban J connectivity index is 1.61. The highest BCUT2D eigenvalue weighted by molar-refractivity contribution is 8.00. The summed E-state index contributed by atoms with van der Waals surface area (Å²) < 4.78 is 42.4. The Bertz CT molecular complexity index is 553. The van der Waals surface area contributed by atoms with Crippen LogP contribution in [-0.4, -0.2) is 52.0 Å². The van der Waals surface area contributed by atoms with Crippen LogP contribution in [0, 0.1) is 0 Å². The van der Waals surface area contributed by atoms with E-state index in [2.05, 4.69) is 10.2 Å². The van der Waals surface area contributed by atoms with Crippen LogP contribution in [-0.2, 0) is 21.6 Å². The topological polar surface area (TPSA) is 58.2 Å². The molecular weight excluding hydrogens is 319 g/mol. The first kappa shape index (κ1) is 15.7. The molecule has 0 unspecified atom stereocenters. The van der Waals surface area contributed by atoms with E-state index in [-0.39, 0.29) is 11.8 Å². The molecule has 1 aromatic heterocycles. The fourth-order valence-corrected chi connectivity index (χ4v) is 3.54. The molecule has 0 aromatic carbocycles.